The number of nitrogen functional groups attached to an aromatic ring is 1. The zero-order valence-corrected chi connectivity index (χ0v) is 14.3. The first-order valence-corrected chi connectivity index (χ1v) is 8.47. The van der Waals surface area contributed by atoms with Crippen molar-refractivity contribution in [3.8, 4) is 17.3 Å². The lowest BCUT2D eigenvalue weighted by Gasteiger charge is -2.10. The van der Waals surface area contributed by atoms with E-state index in [1.807, 2.05) is 0 Å². The summed E-state index contributed by atoms with van der Waals surface area (Å²) in [5.41, 5.74) is 7.55. The molecule has 0 radical (unpaired) electrons. The Morgan fingerprint density at radius 3 is 2.78 bits per heavy atom. The first kappa shape index (κ1) is 17.2. The first-order chi connectivity index (χ1) is 12.9. The second kappa shape index (κ2) is 6.50. The molecule has 2 N–H and O–H groups in total. The number of rotatable bonds is 4. The van der Waals surface area contributed by atoms with Crippen molar-refractivity contribution in [2.75, 3.05) is 5.73 Å². The van der Waals surface area contributed by atoms with Crippen molar-refractivity contribution in [3.05, 3.63) is 47.5 Å². The van der Waals surface area contributed by atoms with Crippen LogP contribution in [0.3, 0.4) is 0 Å². The van der Waals surface area contributed by atoms with Gasteiger partial charge < -0.3 is 10.5 Å². The van der Waals surface area contributed by atoms with Crippen molar-refractivity contribution in [1.29, 1.82) is 0 Å². The maximum absolute atomic E-state index is 12.4. The fourth-order valence-electron chi connectivity index (χ4n) is 2.53. The number of ether oxygens (including phenoxy) is 1. The summed E-state index contributed by atoms with van der Waals surface area (Å²) in [5, 5.41) is 6.69. The van der Waals surface area contributed by atoms with Gasteiger partial charge in [-0.1, -0.05) is 12.1 Å². The summed E-state index contributed by atoms with van der Waals surface area (Å²) in [6.45, 7) is 0.219. The van der Waals surface area contributed by atoms with Gasteiger partial charge in [0.05, 0.1) is 11.9 Å². The molecule has 1 aromatic carbocycles. The van der Waals surface area contributed by atoms with E-state index in [2.05, 4.69) is 24.2 Å². The number of alkyl halides is 3. The fourth-order valence-corrected chi connectivity index (χ4v) is 3.03. The monoisotopic (exact) mass is 392 g/mol. The number of hydrogen-bond donors (Lipinski definition) is 1. The van der Waals surface area contributed by atoms with Gasteiger partial charge in [0.25, 0.3) is 0 Å². The Balaban J connectivity index is 1.63. The summed E-state index contributed by atoms with van der Waals surface area (Å²) >= 11 is 1.27. The van der Waals surface area contributed by atoms with E-state index < -0.39 is 6.36 Å². The van der Waals surface area contributed by atoms with E-state index in [0.717, 1.165) is 0 Å². The van der Waals surface area contributed by atoms with Gasteiger partial charge >= 0.3 is 6.36 Å². The predicted octanol–water partition coefficient (Wildman–Crippen LogP) is 3.48. The molecular formula is C16H11F3N6OS. The summed E-state index contributed by atoms with van der Waals surface area (Å²) < 4.78 is 46.7. The number of benzene rings is 1. The Hall–Kier alpha value is -3.21. The average molecular weight is 392 g/mol. The van der Waals surface area contributed by atoms with E-state index in [-0.39, 0.29) is 18.1 Å². The van der Waals surface area contributed by atoms with Gasteiger partial charge in [-0.25, -0.2) is 9.97 Å². The van der Waals surface area contributed by atoms with Crippen LogP contribution in [0.5, 0.6) is 5.75 Å². The SMILES string of the molecule is Nc1nc(-c2ccsn2)nc2nn(Cc3cccc(OC(F)(F)F)c3)cc12. The minimum Gasteiger partial charge on any atom is -0.406 e. The second-order valence-corrected chi connectivity index (χ2v) is 6.24. The van der Waals surface area contributed by atoms with E-state index in [1.54, 1.807) is 23.7 Å². The average Bonchev–Trinajstić information content (AvgIpc) is 3.22. The van der Waals surface area contributed by atoms with E-state index in [1.165, 1.54) is 34.4 Å². The zero-order chi connectivity index (χ0) is 19.0. The molecule has 7 nitrogen and oxygen atoms in total. The molecule has 0 bridgehead atoms. The maximum atomic E-state index is 12.4. The van der Waals surface area contributed by atoms with Crippen molar-refractivity contribution < 1.29 is 17.9 Å². The molecule has 0 saturated carbocycles. The van der Waals surface area contributed by atoms with E-state index in [9.17, 15) is 13.2 Å². The molecule has 0 saturated heterocycles. The Kier molecular flexibility index (Phi) is 4.15. The molecule has 0 fully saturated rings. The van der Waals surface area contributed by atoms with Crippen LogP contribution in [0.15, 0.2) is 41.9 Å². The quantitative estimate of drug-likeness (QED) is 0.572. The highest BCUT2D eigenvalue weighted by Crippen LogP contribution is 2.25. The van der Waals surface area contributed by atoms with Gasteiger partial charge in [-0.15, -0.1) is 13.2 Å². The lowest BCUT2D eigenvalue weighted by Crippen LogP contribution is -2.17. The number of fused-ring (bicyclic) bond motifs is 1. The fraction of sp³-hybridized carbons (Fsp3) is 0.125. The number of hydrogen-bond acceptors (Lipinski definition) is 7. The number of nitrogens with two attached hydrogens (primary N) is 1. The van der Waals surface area contributed by atoms with Crippen LogP contribution in [0.4, 0.5) is 19.0 Å². The normalized spacial score (nSPS) is 11.8. The zero-order valence-electron chi connectivity index (χ0n) is 13.5. The summed E-state index contributed by atoms with van der Waals surface area (Å²) in [6, 6.07) is 7.46. The van der Waals surface area contributed by atoms with Gasteiger partial charge in [0, 0.05) is 11.6 Å². The molecule has 11 heteroatoms. The minimum atomic E-state index is -4.74. The predicted molar refractivity (Wildman–Crippen MR) is 93.1 cm³/mol. The largest absolute Gasteiger partial charge is 0.573 e. The summed E-state index contributed by atoms with van der Waals surface area (Å²) in [7, 11) is 0. The van der Waals surface area contributed by atoms with Crippen molar-refractivity contribution in [3.63, 3.8) is 0 Å². The van der Waals surface area contributed by atoms with Crippen LogP contribution in [0.2, 0.25) is 0 Å². The van der Waals surface area contributed by atoms with Crippen LogP contribution in [-0.2, 0) is 6.54 Å². The highest BCUT2D eigenvalue weighted by Gasteiger charge is 2.31. The Bertz CT molecular complexity index is 1090. The van der Waals surface area contributed by atoms with Crippen molar-refractivity contribution in [2.45, 2.75) is 12.9 Å². The lowest BCUT2D eigenvalue weighted by atomic mass is 10.2. The Morgan fingerprint density at radius 1 is 1.19 bits per heavy atom. The molecule has 0 aliphatic carbocycles. The molecule has 0 amide bonds. The van der Waals surface area contributed by atoms with Gasteiger partial charge in [-0.2, -0.15) is 9.47 Å². The van der Waals surface area contributed by atoms with Crippen LogP contribution in [0, 0.1) is 0 Å². The number of anilines is 1. The number of aromatic nitrogens is 5. The van der Waals surface area contributed by atoms with Gasteiger partial charge in [-0.05, 0) is 35.3 Å². The molecule has 0 aliphatic rings. The van der Waals surface area contributed by atoms with Gasteiger partial charge in [-0.3, -0.25) is 4.68 Å². The topological polar surface area (TPSA) is 91.7 Å². The number of halogens is 3. The smallest absolute Gasteiger partial charge is 0.406 e. The number of nitrogens with zero attached hydrogens (tertiary/aromatic N) is 5. The first-order valence-electron chi connectivity index (χ1n) is 7.63. The lowest BCUT2D eigenvalue weighted by molar-refractivity contribution is -0.274. The molecule has 4 rings (SSSR count). The summed E-state index contributed by atoms with van der Waals surface area (Å²) in [4.78, 5) is 8.59. The van der Waals surface area contributed by atoms with Crippen molar-refractivity contribution >= 4 is 28.4 Å². The highest BCUT2D eigenvalue weighted by atomic mass is 32.1. The molecule has 3 aromatic heterocycles. The Labute approximate surface area is 154 Å². The molecule has 27 heavy (non-hydrogen) atoms. The standard InChI is InChI=1S/C16H11F3N6OS/c17-16(18,19)26-10-3-1-2-9(6-10)7-25-8-11-13(20)21-15(22-14(11)23-25)12-4-5-27-24-12/h1-6,8H,7H2,(H2,20,21,22,23). The molecule has 0 atom stereocenters. The van der Waals surface area contributed by atoms with E-state index in [4.69, 9.17) is 5.73 Å². The second-order valence-electron chi connectivity index (χ2n) is 5.58. The highest BCUT2D eigenvalue weighted by molar-refractivity contribution is 7.03. The molecule has 138 valence electrons. The van der Waals surface area contributed by atoms with Crippen LogP contribution >= 0.6 is 11.5 Å². The Morgan fingerprint density at radius 2 is 2.04 bits per heavy atom. The van der Waals surface area contributed by atoms with Crippen LogP contribution in [0.1, 0.15) is 5.56 Å². The summed E-state index contributed by atoms with van der Waals surface area (Å²) in [5.74, 6) is 0.331. The minimum absolute atomic E-state index is 0.219. The molecule has 3 heterocycles. The molecule has 0 unspecified atom stereocenters. The third kappa shape index (κ3) is 3.82. The third-order valence-corrected chi connectivity index (χ3v) is 4.16. The van der Waals surface area contributed by atoms with E-state index >= 15 is 0 Å². The molecular weight excluding hydrogens is 381 g/mol. The van der Waals surface area contributed by atoms with Crippen molar-refractivity contribution in [1.82, 2.24) is 24.1 Å². The van der Waals surface area contributed by atoms with Crippen LogP contribution in [0.25, 0.3) is 22.6 Å². The molecule has 0 aliphatic heterocycles. The van der Waals surface area contributed by atoms with E-state index in [0.29, 0.717) is 28.1 Å². The van der Waals surface area contributed by atoms with Crippen molar-refractivity contribution in [2.24, 2.45) is 0 Å². The van der Waals surface area contributed by atoms with Crippen LogP contribution < -0.4 is 10.5 Å². The van der Waals surface area contributed by atoms with Crippen LogP contribution in [-0.4, -0.2) is 30.5 Å². The molecule has 0 spiro atoms. The maximum Gasteiger partial charge on any atom is 0.573 e. The van der Waals surface area contributed by atoms with Gasteiger partial charge in [0.2, 0.25) is 0 Å². The summed E-state index contributed by atoms with van der Waals surface area (Å²) in [6.07, 6.45) is -3.10. The van der Waals surface area contributed by atoms with Gasteiger partial charge in [0.1, 0.15) is 17.3 Å². The van der Waals surface area contributed by atoms with Gasteiger partial charge in [0.15, 0.2) is 11.5 Å². The third-order valence-electron chi connectivity index (χ3n) is 3.60. The molecule has 4 aromatic rings.